The van der Waals surface area contributed by atoms with Crippen molar-refractivity contribution in [3.8, 4) is 0 Å². The molecule has 0 radical (unpaired) electrons. The van der Waals surface area contributed by atoms with Crippen LogP contribution in [-0.2, 0) is 0 Å². The molecule has 1 heteroatoms. The van der Waals surface area contributed by atoms with Crippen molar-refractivity contribution in [1.82, 2.24) is 5.32 Å². The smallest absolute Gasteiger partial charge is 0.00518 e. The van der Waals surface area contributed by atoms with Crippen LogP contribution in [0.5, 0.6) is 0 Å². The molecule has 1 saturated carbocycles. The van der Waals surface area contributed by atoms with Gasteiger partial charge in [-0.25, -0.2) is 0 Å². The van der Waals surface area contributed by atoms with Crippen LogP contribution in [0.25, 0.3) is 0 Å². The first-order valence-corrected chi connectivity index (χ1v) is 6.01. The molecular formula is C12H25N. The second kappa shape index (κ2) is 6.42. The summed E-state index contributed by atoms with van der Waals surface area (Å²) in [6.45, 7) is 3.55. The lowest BCUT2D eigenvalue weighted by Crippen LogP contribution is -2.16. The molecule has 0 aromatic rings. The highest BCUT2D eigenvalue weighted by atomic mass is 14.8. The molecule has 1 nitrogen and oxygen atoms in total. The average molecular weight is 183 g/mol. The molecule has 1 rings (SSSR count). The predicted molar refractivity (Wildman–Crippen MR) is 58.9 cm³/mol. The number of hydrogen-bond acceptors (Lipinski definition) is 1. The van der Waals surface area contributed by atoms with Crippen molar-refractivity contribution in [1.29, 1.82) is 0 Å². The maximum atomic E-state index is 3.23. The molecule has 0 saturated heterocycles. The predicted octanol–water partition coefficient (Wildman–Crippen LogP) is 3.20. The second-order valence-corrected chi connectivity index (χ2v) is 4.55. The Balaban J connectivity index is 2.11. The fraction of sp³-hybridized carbons (Fsp3) is 1.00. The second-order valence-electron chi connectivity index (χ2n) is 4.55. The van der Waals surface area contributed by atoms with Gasteiger partial charge in [0.2, 0.25) is 0 Å². The molecule has 0 bridgehead atoms. The summed E-state index contributed by atoms with van der Waals surface area (Å²) in [7, 11) is 2.05. The van der Waals surface area contributed by atoms with Crippen molar-refractivity contribution in [3.63, 3.8) is 0 Å². The summed E-state index contributed by atoms with van der Waals surface area (Å²) in [6, 6.07) is 0. The van der Waals surface area contributed by atoms with Crippen LogP contribution in [0.4, 0.5) is 0 Å². The third-order valence-corrected chi connectivity index (χ3v) is 3.51. The first-order valence-electron chi connectivity index (χ1n) is 6.01. The molecule has 0 spiro atoms. The summed E-state index contributed by atoms with van der Waals surface area (Å²) in [5.41, 5.74) is 0. The molecule has 1 aliphatic carbocycles. The summed E-state index contributed by atoms with van der Waals surface area (Å²) in [6.07, 6.45) is 10.2. The highest BCUT2D eigenvalue weighted by molar-refractivity contribution is 4.72. The Morgan fingerprint density at radius 1 is 1.23 bits per heavy atom. The molecule has 1 N–H and O–H groups in total. The zero-order chi connectivity index (χ0) is 9.52. The minimum Gasteiger partial charge on any atom is -0.320 e. The Labute approximate surface area is 83.3 Å². The van der Waals surface area contributed by atoms with Crippen LogP contribution in [0.15, 0.2) is 0 Å². The van der Waals surface area contributed by atoms with E-state index in [4.69, 9.17) is 0 Å². The van der Waals surface area contributed by atoms with Gasteiger partial charge in [-0.05, 0) is 44.7 Å². The van der Waals surface area contributed by atoms with Crippen LogP contribution in [-0.4, -0.2) is 13.6 Å². The highest BCUT2D eigenvalue weighted by Crippen LogP contribution is 2.33. The largest absolute Gasteiger partial charge is 0.320 e. The molecule has 0 heterocycles. The maximum Gasteiger partial charge on any atom is -0.00518 e. The molecule has 78 valence electrons. The summed E-state index contributed by atoms with van der Waals surface area (Å²) in [4.78, 5) is 0. The van der Waals surface area contributed by atoms with Crippen LogP contribution >= 0.6 is 0 Å². The first-order chi connectivity index (χ1) is 6.36. The van der Waals surface area contributed by atoms with Gasteiger partial charge in [-0.15, -0.1) is 0 Å². The molecular weight excluding hydrogens is 158 g/mol. The SMILES string of the molecule is CCC1CCCC(CCCNC)C1. The third kappa shape index (κ3) is 4.12. The Bertz CT molecular complexity index is 122. The van der Waals surface area contributed by atoms with Gasteiger partial charge in [-0.3, -0.25) is 0 Å². The van der Waals surface area contributed by atoms with Crippen molar-refractivity contribution in [2.24, 2.45) is 11.8 Å². The number of nitrogens with one attached hydrogen (secondary N) is 1. The molecule has 0 aliphatic heterocycles. The van der Waals surface area contributed by atoms with Gasteiger partial charge in [0.15, 0.2) is 0 Å². The Kier molecular flexibility index (Phi) is 5.45. The Morgan fingerprint density at radius 3 is 2.69 bits per heavy atom. The maximum absolute atomic E-state index is 3.23. The lowest BCUT2D eigenvalue weighted by molar-refractivity contribution is 0.246. The minimum absolute atomic E-state index is 1.05. The van der Waals surface area contributed by atoms with Crippen molar-refractivity contribution in [3.05, 3.63) is 0 Å². The van der Waals surface area contributed by atoms with Gasteiger partial charge in [0.05, 0.1) is 0 Å². The van der Waals surface area contributed by atoms with Gasteiger partial charge in [-0.2, -0.15) is 0 Å². The summed E-state index contributed by atoms with van der Waals surface area (Å²) in [5, 5.41) is 3.23. The summed E-state index contributed by atoms with van der Waals surface area (Å²) >= 11 is 0. The van der Waals surface area contributed by atoms with Gasteiger partial charge in [-0.1, -0.05) is 32.6 Å². The van der Waals surface area contributed by atoms with Gasteiger partial charge in [0.25, 0.3) is 0 Å². The van der Waals surface area contributed by atoms with Gasteiger partial charge < -0.3 is 5.32 Å². The standard InChI is InChI=1S/C12H25N/c1-3-11-6-4-7-12(10-11)8-5-9-13-2/h11-13H,3-10H2,1-2H3. The minimum atomic E-state index is 1.05. The molecule has 13 heavy (non-hydrogen) atoms. The normalized spacial score (nSPS) is 29.1. The van der Waals surface area contributed by atoms with Crippen LogP contribution in [0.2, 0.25) is 0 Å². The number of rotatable bonds is 5. The van der Waals surface area contributed by atoms with E-state index in [9.17, 15) is 0 Å². The van der Waals surface area contributed by atoms with Crippen LogP contribution in [0, 0.1) is 11.8 Å². The van der Waals surface area contributed by atoms with E-state index in [1.54, 1.807) is 0 Å². The highest BCUT2D eigenvalue weighted by Gasteiger charge is 2.19. The molecule has 1 fully saturated rings. The zero-order valence-corrected chi connectivity index (χ0v) is 9.31. The van der Waals surface area contributed by atoms with E-state index in [-0.39, 0.29) is 0 Å². The van der Waals surface area contributed by atoms with Crippen molar-refractivity contribution < 1.29 is 0 Å². The van der Waals surface area contributed by atoms with Crippen molar-refractivity contribution in [2.75, 3.05) is 13.6 Å². The fourth-order valence-corrected chi connectivity index (χ4v) is 2.60. The van der Waals surface area contributed by atoms with Crippen LogP contribution in [0.3, 0.4) is 0 Å². The lowest BCUT2D eigenvalue weighted by Gasteiger charge is -2.28. The van der Waals surface area contributed by atoms with E-state index in [0.29, 0.717) is 0 Å². The van der Waals surface area contributed by atoms with Gasteiger partial charge >= 0.3 is 0 Å². The average Bonchev–Trinajstić information content (AvgIpc) is 2.19. The van der Waals surface area contributed by atoms with Gasteiger partial charge in [0.1, 0.15) is 0 Å². The van der Waals surface area contributed by atoms with E-state index in [0.717, 1.165) is 11.8 Å². The van der Waals surface area contributed by atoms with E-state index in [2.05, 4.69) is 19.3 Å². The molecule has 1 aliphatic rings. The first kappa shape index (κ1) is 11.0. The Hall–Kier alpha value is -0.0400. The van der Waals surface area contributed by atoms with E-state index >= 15 is 0 Å². The summed E-state index contributed by atoms with van der Waals surface area (Å²) in [5.74, 6) is 2.10. The van der Waals surface area contributed by atoms with Gasteiger partial charge in [0, 0.05) is 0 Å². The Morgan fingerprint density at radius 2 is 2.00 bits per heavy atom. The van der Waals surface area contributed by atoms with Crippen molar-refractivity contribution in [2.45, 2.75) is 51.9 Å². The lowest BCUT2D eigenvalue weighted by atomic mass is 9.78. The quantitative estimate of drug-likeness (QED) is 0.645. The topological polar surface area (TPSA) is 12.0 Å². The van der Waals surface area contributed by atoms with E-state index in [1.807, 2.05) is 0 Å². The molecule has 2 unspecified atom stereocenters. The number of hydrogen-bond donors (Lipinski definition) is 1. The third-order valence-electron chi connectivity index (χ3n) is 3.51. The molecule has 2 atom stereocenters. The fourth-order valence-electron chi connectivity index (χ4n) is 2.60. The summed E-state index contributed by atoms with van der Waals surface area (Å²) < 4.78 is 0. The zero-order valence-electron chi connectivity index (χ0n) is 9.31. The molecule has 0 aromatic carbocycles. The van der Waals surface area contributed by atoms with E-state index in [1.165, 1.54) is 51.5 Å². The van der Waals surface area contributed by atoms with E-state index < -0.39 is 0 Å². The van der Waals surface area contributed by atoms with Crippen molar-refractivity contribution >= 4 is 0 Å². The monoisotopic (exact) mass is 183 g/mol. The van der Waals surface area contributed by atoms with Crippen LogP contribution < -0.4 is 5.32 Å². The molecule has 0 aromatic heterocycles. The van der Waals surface area contributed by atoms with Crippen LogP contribution in [0.1, 0.15) is 51.9 Å². The molecule has 0 amide bonds.